The molecule has 3 unspecified atom stereocenters. The maximum absolute atomic E-state index is 12.4. The number of rotatable bonds is 38. The zero-order chi connectivity index (χ0) is 41.0. The summed E-state index contributed by atoms with van der Waals surface area (Å²) >= 11 is 0. The largest absolute Gasteiger partial charge is 0.469 e. The van der Waals surface area contributed by atoms with Crippen LogP contribution in [-0.2, 0) is 32.9 Å². The van der Waals surface area contributed by atoms with Gasteiger partial charge in [0.1, 0.15) is 6.61 Å². The maximum Gasteiger partial charge on any atom is 0.469 e. The predicted molar refractivity (Wildman–Crippen MR) is 229 cm³/mol. The van der Waals surface area contributed by atoms with Crippen molar-refractivity contribution in [1.82, 2.24) is 0 Å². The molecule has 322 valence electrons. The molecule has 0 aromatic rings. The van der Waals surface area contributed by atoms with Crippen LogP contribution < -0.4 is 0 Å². The molecule has 2 N–H and O–H groups in total. The van der Waals surface area contributed by atoms with Crippen molar-refractivity contribution in [3.63, 3.8) is 0 Å². The molecule has 1 rings (SSSR count). The van der Waals surface area contributed by atoms with Crippen LogP contribution in [0.5, 0.6) is 0 Å². The number of phosphoric ester groups is 1. The SMILES string of the molecule is CC/C=C\CC1OC1C/C=C\C/C=C\C/C=C\C/C=C\CCC(=O)O[C@H](COC(=O)CCCCCCCCCCCCCCCCC(C)CC)COP(=O)(O)O. The van der Waals surface area contributed by atoms with Crippen molar-refractivity contribution in [3.8, 4) is 0 Å². The third-order valence-corrected chi connectivity index (χ3v) is 10.5. The topological polar surface area (TPSA) is 132 Å². The minimum absolute atomic E-state index is 0.0823. The molecule has 0 amide bonds. The third-order valence-electron chi connectivity index (χ3n) is 10.0. The molecule has 0 radical (unpaired) electrons. The molecule has 4 atom stereocenters. The van der Waals surface area contributed by atoms with Crippen molar-refractivity contribution in [2.24, 2.45) is 5.92 Å². The number of carbonyl (C=O) groups is 2. The van der Waals surface area contributed by atoms with E-state index in [2.05, 4.69) is 73.9 Å². The number of carbonyl (C=O) groups excluding carboxylic acids is 2. The Hall–Kier alpha value is -2.29. The fraction of sp³-hybridized carbons (Fsp3) is 0.739. The van der Waals surface area contributed by atoms with E-state index >= 15 is 0 Å². The zero-order valence-electron chi connectivity index (χ0n) is 35.4. The van der Waals surface area contributed by atoms with E-state index in [4.69, 9.17) is 24.0 Å². The van der Waals surface area contributed by atoms with Gasteiger partial charge >= 0.3 is 19.8 Å². The van der Waals surface area contributed by atoms with Gasteiger partial charge < -0.3 is 24.0 Å². The minimum atomic E-state index is -4.78. The molecule has 0 aromatic heterocycles. The highest BCUT2D eigenvalue weighted by Gasteiger charge is 2.35. The second-order valence-electron chi connectivity index (χ2n) is 15.3. The van der Waals surface area contributed by atoms with Crippen LogP contribution in [0.25, 0.3) is 0 Å². The lowest BCUT2D eigenvalue weighted by atomic mass is 9.99. The molecule has 56 heavy (non-hydrogen) atoms. The lowest BCUT2D eigenvalue weighted by Gasteiger charge is -2.18. The van der Waals surface area contributed by atoms with Crippen molar-refractivity contribution >= 4 is 19.8 Å². The molecule has 10 heteroatoms. The van der Waals surface area contributed by atoms with Crippen molar-refractivity contribution in [3.05, 3.63) is 60.8 Å². The van der Waals surface area contributed by atoms with Crippen LogP contribution in [0, 0.1) is 5.92 Å². The van der Waals surface area contributed by atoms with Gasteiger partial charge in [-0.25, -0.2) is 4.57 Å². The first-order chi connectivity index (χ1) is 27.1. The first-order valence-electron chi connectivity index (χ1n) is 22.1. The fourth-order valence-corrected chi connectivity index (χ4v) is 6.60. The zero-order valence-corrected chi connectivity index (χ0v) is 36.3. The Morgan fingerprint density at radius 1 is 0.625 bits per heavy atom. The molecule has 1 fully saturated rings. The highest BCUT2D eigenvalue weighted by Crippen LogP contribution is 2.36. The standard InChI is InChI=1S/C46H79O9P/c1-4-6-29-35-43-44(55-43)36-31-26-22-18-14-11-12-16-20-24-28-33-38-46(48)54-42(40-53-56(49,50)51)39-52-45(47)37-32-27-23-19-15-10-8-7-9-13-17-21-25-30-34-41(3)5-2/h6,12,14,16,18,24,26,28-29,31,41-44H,4-5,7-11,13,15,17,19-23,25,27,30,32-40H2,1-3H3,(H2,49,50,51)/b16-12-,18-14-,28-24-,29-6-,31-26-/t41?,42-,43?,44?/m1/s1. The summed E-state index contributed by atoms with van der Waals surface area (Å²) in [5, 5.41) is 0. The van der Waals surface area contributed by atoms with Crippen LogP contribution >= 0.6 is 7.82 Å². The first-order valence-corrected chi connectivity index (χ1v) is 23.6. The Kier molecular flexibility index (Phi) is 33.1. The molecule has 0 aromatic carbocycles. The molecule has 9 nitrogen and oxygen atoms in total. The average molecular weight is 807 g/mol. The Morgan fingerprint density at radius 2 is 1.11 bits per heavy atom. The van der Waals surface area contributed by atoms with Crippen LogP contribution in [0.15, 0.2) is 60.8 Å². The molecule has 0 bridgehead atoms. The van der Waals surface area contributed by atoms with Crippen LogP contribution in [0.1, 0.15) is 181 Å². The van der Waals surface area contributed by atoms with E-state index < -0.39 is 32.5 Å². The van der Waals surface area contributed by atoms with Crippen LogP contribution in [0.3, 0.4) is 0 Å². The quantitative estimate of drug-likeness (QED) is 0.0206. The average Bonchev–Trinajstić information content (AvgIpc) is 3.93. The molecule has 0 spiro atoms. The van der Waals surface area contributed by atoms with Gasteiger partial charge in [0.05, 0.1) is 18.8 Å². The summed E-state index contributed by atoms with van der Waals surface area (Å²) in [6.07, 6.45) is 47.1. The Labute approximate surface area is 341 Å². The second-order valence-corrected chi connectivity index (χ2v) is 16.5. The highest BCUT2D eigenvalue weighted by molar-refractivity contribution is 7.46. The van der Waals surface area contributed by atoms with Crippen molar-refractivity contribution in [2.75, 3.05) is 13.2 Å². The van der Waals surface area contributed by atoms with Crippen molar-refractivity contribution in [2.45, 2.75) is 200 Å². The molecule has 1 aliphatic rings. The summed E-state index contributed by atoms with van der Waals surface area (Å²) < 4.78 is 32.0. The van der Waals surface area contributed by atoms with E-state index in [1.165, 1.54) is 83.5 Å². The number of ether oxygens (including phenoxy) is 3. The third kappa shape index (κ3) is 34.9. The summed E-state index contributed by atoms with van der Waals surface area (Å²) in [6, 6.07) is 0. The highest BCUT2D eigenvalue weighted by atomic mass is 31.2. The summed E-state index contributed by atoms with van der Waals surface area (Å²) in [5.41, 5.74) is 0. The maximum atomic E-state index is 12.4. The van der Waals surface area contributed by atoms with Gasteiger partial charge in [-0.15, -0.1) is 0 Å². The summed E-state index contributed by atoms with van der Waals surface area (Å²) in [7, 11) is -4.78. The van der Waals surface area contributed by atoms with Gasteiger partial charge in [0.2, 0.25) is 0 Å². The van der Waals surface area contributed by atoms with E-state index in [1.54, 1.807) is 0 Å². The van der Waals surface area contributed by atoms with Gasteiger partial charge in [0.25, 0.3) is 0 Å². The van der Waals surface area contributed by atoms with Gasteiger partial charge in [0.15, 0.2) is 6.10 Å². The number of phosphoric acid groups is 1. The minimum Gasteiger partial charge on any atom is -0.462 e. The Morgan fingerprint density at radius 3 is 1.62 bits per heavy atom. The van der Waals surface area contributed by atoms with Gasteiger partial charge in [-0.2, -0.15) is 0 Å². The number of hydrogen-bond donors (Lipinski definition) is 2. The van der Waals surface area contributed by atoms with E-state index in [-0.39, 0.29) is 19.4 Å². The summed E-state index contributed by atoms with van der Waals surface area (Å²) in [6.45, 7) is 5.89. The summed E-state index contributed by atoms with van der Waals surface area (Å²) in [4.78, 5) is 42.9. The molecule has 0 aliphatic carbocycles. The van der Waals surface area contributed by atoms with Gasteiger partial charge in [-0.1, -0.05) is 178 Å². The van der Waals surface area contributed by atoms with E-state index in [0.717, 1.165) is 57.3 Å². The fourth-order valence-electron chi connectivity index (χ4n) is 6.24. The second kappa shape index (κ2) is 35.8. The van der Waals surface area contributed by atoms with Crippen molar-refractivity contribution < 1.29 is 42.7 Å². The lowest BCUT2D eigenvalue weighted by Crippen LogP contribution is -2.29. The van der Waals surface area contributed by atoms with Crippen LogP contribution in [0.2, 0.25) is 0 Å². The van der Waals surface area contributed by atoms with E-state index in [1.807, 2.05) is 12.2 Å². The first kappa shape index (κ1) is 51.7. The molecular formula is C46H79O9P. The van der Waals surface area contributed by atoms with E-state index in [9.17, 15) is 14.2 Å². The number of unbranched alkanes of at least 4 members (excludes halogenated alkanes) is 13. The molecule has 1 aliphatic heterocycles. The van der Waals surface area contributed by atoms with Gasteiger partial charge in [-0.3, -0.25) is 14.1 Å². The number of hydrogen-bond acceptors (Lipinski definition) is 7. The normalized spacial score (nSPS) is 17.2. The van der Waals surface area contributed by atoms with Gasteiger partial charge in [-0.05, 0) is 57.3 Å². The molecular weight excluding hydrogens is 727 g/mol. The predicted octanol–water partition coefficient (Wildman–Crippen LogP) is 12.5. The smallest absolute Gasteiger partial charge is 0.462 e. The molecule has 1 heterocycles. The summed E-state index contributed by atoms with van der Waals surface area (Å²) in [5.74, 6) is -0.108. The van der Waals surface area contributed by atoms with Gasteiger partial charge in [0, 0.05) is 12.8 Å². The lowest BCUT2D eigenvalue weighted by molar-refractivity contribution is -0.161. The van der Waals surface area contributed by atoms with E-state index in [0.29, 0.717) is 25.0 Å². The number of allylic oxidation sites excluding steroid dienone is 8. The number of epoxide rings is 1. The Bertz CT molecular complexity index is 1170. The molecule has 0 saturated carbocycles. The number of esters is 2. The van der Waals surface area contributed by atoms with Crippen molar-refractivity contribution in [1.29, 1.82) is 0 Å². The Balaban J connectivity index is 2.09. The monoisotopic (exact) mass is 807 g/mol. The van der Waals surface area contributed by atoms with Crippen LogP contribution in [-0.4, -0.2) is 53.3 Å². The molecule has 1 saturated heterocycles. The van der Waals surface area contributed by atoms with Crippen LogP contribution in [0.4, 0.5) is 0 Å².